The fraction of sp³-hybridized carbons (Fsp3) is 0.0870. The van der Waals surface area contributed by atoms with E-state index in [1.54, 1.807) is 24.3 Å². The van der Waals surface area contributed by atoms with E-state index in [0.29, 0.717) is 16.9 Å². The van der Waals surface area contributed by atoms with Gasteiger partial charge in [0.15, 0.2) is 0 Å². The minimum absolute atomic E-state index is 0.146. The first-order valence-corrected chi connectivity index (χ1v) is 9.21. The maximum Gasteiger partial charge on any atom is 0.134 e. The molecule has 27 heavy (non-hydrogen) atoms. The van der Waals surface area contributed by atoms with Gasteiger partial charge in [-0.3, -0.25) is 0 Å². The number of halogens is 2. The molecule has 0 unspecified atom stereocenters. The van der Waals surface area contributed by atoms with Crippen LogP contribution in [0.4, 0.5) is 4.39 Å². The topological polar surface area (TPSA) is 33.0 Å². The van der Waals surface area contributed by atoms with Gasteiger partial charge in [-0.05, 0) is 58.3 Å². The molecule has 0 atom stereocenters. The molecule has 4 heteroatoms. The Morgan fingerprint density at radius 2 is 1.85 bits per heavy atom. The number of benzene rings is 3. The molecule has 3 rings (SSSR count). The third-order valence-electron chi connectivity index (χ3n) is 4.09. The zero-order valence-corrected chi connectivity index (χ0v) is 16.3. The SMILES string of the molecule is Cc1ccc(/C(C#N)=C\c2ccc(OCc3ccccc3F)c(Br)c2)cc1. The molecule has 0 saturated carbocycles. The lowest BCUT2D eigenvalue weighted by Gasteiger charge is -2.10. The van der Waals surface area contributed by atoms with Gasteiger partial charge < -0.3 is 4.74 Å². The molecular weight excluding hydrogens is 405 g/mol. The van der Waals surface area contributed by atoms with Crippen LogP contribution in [0.3, 0.4) is 0 Å². The van der Waals surface area contributed by atoms with Crippen molar-refractivity contribution in [3.8, 4) is 11.8 Å². The van der Waals surface area contributed by atoms with Gasteiger partial charge in [-0.15, -0.1) is 0 Å². The Balaban J connectivity index is 1.78. The molecular formula is C23H17BrFNO. The Labute approximate surface area is 166 Å². The van der Waals surface area contributed by atoms with E-state index in [1.807, 2.05) is 49.4 Å². The zero-order valence-electron chi connectivity index (χ0n) is 14.7. The van der Waals surface area contributed by atoms with Crippen LogP contribution in [0.2, 0.25) is 0 Å². The van der Waals surface area contributed by atoms with Crippen molar-refractivity contribution in [3.63, 3.8) is 0 Å². The first kappa shape index (κ1) is 18.9. The fourth-order valence-corrected chi connectivity index (χ4v) is 3.09. The highest BCUT2D eigenvalue weighted by molar-refractivity contribution is 9.10. The van der Waals surface area contributed by atoms with Gasteiger partial charge in [0.1, 0.15) is 18.2 Å². The molecule has 0 fully saturated rings. The number of hydrogen-bond donors (Lipinski definition) is 0. The lowest BCUT2D eigenvalue weighted by Crippen LogP contribution is -1.98. The Kier molecular flexibility index (Phi) is 6.05. The first-order valence-electron chi connectivity index (χ1n) is 8.41. The minimum atomic E-state index is -0.287. The second-order valence-electron chi connectivity index (χ2n) is 6.11. The van der Waals surface area contributed by atoms with Crippen LogP contribution < -0.4 is 4.74 Å². The third-order valence-corrected chi connectivity index (χ3v) is 4.71. The Morgan fingerprint density at radius 3 is 2.52 bits per heavy atom. The van der Waals surface area contributed by atoms with E-state index in [9.17, 15) is 9.65 Å². The summed E-state index contributed by atoms with van der Waals surface area (Å²) < 4.78 is 20.2. The maximum absolute atomic E-state index is 13.7. The fourth-order valence-electron chi connectivity index (χ4n) is 2.57. The van der Waals surface area contributed by atoms with E-state index in [1.165, 1.54) is 6.07 Å². The molecule has 0 radical (unpaired) electrons. The molecule has 0 aliphatic heterocycles. The van der Waals surface area contributed by atoms with Gasteiger partial charge in [-0.1, -0.05) is 54.1 Å². The van der Waals surface area contributed by atoms with Crippen molar-refractivity contribution in [3.05, 3.63) is 99.3 Å². The van der Waals surface area contributed by atoms with Crippen molar-refractivity contribution < 1.29 is 9.13 Å². The molecule has 0 aromatic heterocycles. The summed E-state index contributed by atoms with van der Waals surface area (Å²) >= 11 is 3.49. The number of rotatable bonds is 5. The van der Waals surface area contributed by atoms with Gasteiger partial charge in [0.25, 0.3) is 0 Å². The summed E-state index contributed by atoms with van der Waals surface area (Å²) in [5.74, 6) is 0.328. The van der Waals surface area contributed by atoms with E-state index < -0.39 is 0 Å². The van der Waals surface area contributed by atoms with Crippen LogP contribution in [0.15, 0.2) is 71.2 Å². The van der Waals surface area contributed by atoms with E-state index in [-0.39, 0.29) is 12.4 Å². The number of nitrogens with zero attached hydrogens (tertiary/aromatic N) is 1. The van der Waals surface area contributed by atoms with Crippen LogP contribution in [0, 0.1) is 24.1 Å². The van der Waals surface area contributed by atoms with Crippen LogP contribution >= 0.6 is 15.9 Å². The minimum Gasteiger partial charge on any atom is -0.488 e. The molecule has 3 aromatic carbocycles. The van der Waals surface area contributed by atoms with Crippen LogP contribution in [-0.2, 0) is 6.61 Å². The molecule has 3 aromatic rings. The van der Waals surface area contributed by atoms with Crippen molar-refractivity contribution in [2.45, 2.75) is 13.5 Å². The van der Waals surface area contributed by atoms with Crippen molar-refractivity contribution >= 4 is 27.6 Å². The van der Waals surface area contributed by atoms with Gasteiger partial charge in [0, 0.05) is 5.56 Å². The molecule has 0 saturated heterocycles. The predicted octanol–water partition coefficient (Wildman–Crippen LogP) is 6.54. The third kappa shape index (κ3) is 4.84. The average molecular weight is 422 g/mol. The summed E-state index contributed by atoms with van der Waals surface area (Å²) in [4.78, 5) is 0. The number of aryl methyl sites for hydroxylation is 1. The van der Waals surface area contributed by atoms with Crippen LogP contribution in [0.1, 0.15) is 22.3 Å². The molecule has 0 aliphatic carbocycles. The summed E-state index contributed by atoms with van der Waals surface area (Å²) in [5, 5.41) is 9.48. The summed E-state index contributed by atoms with van der Waals surface area (Å²) in [6.45, 7) is 2.16. The molecule has 0 amide bonds. The van der Waals surface area contributed by atoms with Crippen molar-refractivity contribution in [1.29, 1.82) is 5.26 Å². The zero-order chi connectivity index (χ0) is 19.2. The summed E-state index contributed by atoms with van der Waals surface area (Å²) in [7, 11) is 0. The Hall–Kier alpha value is -2.90. The van der Waals surface area contributed by atoms with Crippen molar-refractivity contribution in [2.75, 3.05) is 0 Å². The van der Waals surface area contributed by atoms with E-state index in [4.69, 9.17) is 4.74 Å². The molecule has 0 spiro atoms. The predicted molar refractivity (Wildman–Crippen MR) is 110 cm³/mol. The van der Waals surface area contributed by atoms with E-state index >= 15 is 0 Å². The van der Waals surface area contributed by atoms with Crippen LogP contribution in [0.25, 0.3) is 11.6 Å². The van der Waals surface area contributed by atoms with Crippen molar-refractivity contribution in [2.24, 2.45) is 0 Å². The largest absolute Gasteiger partial charge is 0.488 e. The lowest BCUT2D eigenvalue weighted by atomic mass is 10.0. The highest BCUT2D eigenvalue weighted by atomic mass is 79.9. The molecule has 0 N–H and O–H groups in total. The molecule has 0 bridgehead atoms. The van der Waals surface area contributed by atoms with Gasteiger partial charge >= 0.3 is 0 Å². The van der Waals surface area contributed by atoms with Crippen molar-refractivity contribution in [1.82, 2.24) is 0 Å². The summed E-state index contributed by atoms with van der Waals surface area (Å²) in [5.41, 5.74) is 3.98. The van der Waals surface area contributed by atoms with Gasteiger partial charge in [-0.2, -0.15) is 5.26 Å². The summed E-state index contributed by atoms with van der Waals surface area (Å²) in [6, 6.07) is 22.2. The van der Waals surface area contributed by atoms with Gasteiger partial charge in [0.05, 0.1) is 16.1 Å². The molecule has 0 aliphatic rings. The second kappa shape index (κ2) is 8.66. The number of ether oxygens (including phenoxy) is 1. The molecule has 134 valence electrons. The molecule has 2 nitrogen and oxygen atoms in total. The summed E-state index contributed by atoms with van der Waals surface area (Å²) in [6.07, 6.45) is 1.83. The second-order valence-corrected chi connectivity index (χ2v) is 6.96. The smallest absolute Gasteiger partial charge is 0.134 e. The van der Waals surface area contributed by atoms with E-state index in [0.717, 1.165) is 21.2 Å². The standard InChI is InChI=1S/C23H17BrFNO/c1-16-6-9-18(10-7-16)20(14-26)12-17-8-11-23(21(24)13-17)27-15-19-4-2-3-5-22(19)25/h2-13H,15H2,1H3/b20-12-. The van der Waals surface area contributed by atoms with E-state index in [2.05, 4.69) is 22.0 Å². The van der Waals surface area contributed by atoms with Gasteiger partial charge in [-0.25, -0.2) is 4.39 Å². The average Bonchev–Trinajstić information content (AvgIpc) is 2.67. The number of allylic oxidation sites excluding steroid dienone is 1. The highest BCUT2D eigenvalue weighted by Gasteiger charge is 2.07. The monoisotopic (exact) mass is 421 g/mol. The Morgan fingerprint density at radius 1 is 1.11 bits per heavy atom. The molecule has 0 heterocycles. The Bertz CT molecular complexity index is 1020. The highest BCUT2D eigenvalue weighted by Crippen LogP contribution is 2.29. The van der Waals surface area contributed by atoms with Crippen LogP contribution in [0.5, 0.6) is 5.75 Å². The quantitative estimate of drug-likeness (QED) is 0.346. The lowest BCUT2D eigenvalue weighted by molar-refractivity contribution is 0.298. The normalized spacial score (nSPS) is 11.1. The van der Waals surface area contributed by atoms with Gasteiger partial charge in [0.2, 0.25) is 0 Å². The first-order chi connectivity index (χ1) is 13.1. The maximum atomic E-state index is 13.7. The number of hydrogen-bond acceptors (Lipinski definition) is 2. The number of nitriles is 1. The van der Waals surface area contributed by atoms with Crippen LogP contribution in [-0.4, -0.2) is 0 Å².